The van der Waals surface area contributed by atoms with E-state index in [0.717, 1.165) is 17.9 Å². The van der Waals surface area contributed by atoms with E-state index in [0.29, 0.717) is 11.3 Å². The third kappa shape index (κ3) is 3.13. The van der Waals surface area contributed by atoms with E-state index >= 15 is 0 Å². The molecular formula is C16H19N3O2. The van der Waals surface area contributed by atoms with Gasteiger partial charge in [0.1, 0.15) is 5.75 Å². The summed E-state index contributed by atoms with van der Waals surface area (Å²) >= 11 is 0. The Labute approximate surface area is 124 Å². The second kappa shape index (κ2) is 6.74. The molecule has 0 saturated heterocycles. The number of aromatic nitrogens is 1. The molecule has 0 aliphatic rings. The van der Waals surface area contributed by atoms with Gasteiger partial charge in [0.25, 0.3) is 5.91 Å². The lowest BCUT2D eigenvalue weighted by Crippen LogP contribution is -2.27. The summed E-state index contributed by atoms with van der Waals surface area (Å²) in [5.74, 6) is 0.547. The molecule has 0 spiro atoms. The average Bonchev–Trinajstić information content (AvgIpc) is 2.54. The van der Waals surface area contributed by atoms with Crippen LogP contribution in [0.5, 0.6) is 5.75 Å². The van der Waals surface area contributed by atoms with E-state index in [1.165, 1.54) is 0 Å². The van der Waals surface area contributed by atoms with Crippen molar-refractivity contribution in [1.82, 2.24) is 4.98 Å². The van der Waals surface area contributed by atoms with Crippen LogP contribution in [-0.2, 0) is 0 Å². The molecule has 0 aliphatic heterocycles. The molecule has 1 aromatic carbocycles. The molecule has 1 N–H and O–H groups in total. The normalized spacial score (nSPS) is 10.0. The zero-order valence-corrected chi connectivity index (χ0v) is 12.5. The van der Waals surface area contributed by atoms with Crippen LogP contribution in [0.2, 0.25) is 0 Å². The summed E-state index contributed by atoms with van der Waals surface area (Å²) in [5, 5.41) is 3.15. The van der Waals surface area contributed by atoms with Gasteiger partial charge in [0, 0.05) is 19.8 Å². The summed E-state index contributed by atoms with van der Waals surface area (Å²) in [4.78, 5) is 18.3. The van der Waals surface area contributed by atoms with Gasteiger partial charge in [-0.3, -0.25) is 9.78 Å². The molecule has 0 fully saturated rings. The molecule has 2 aromatic rings. The number of ether oxygens (including phenoxy) is 1. The Kier molecular flexibility index (Phi) is 4.77. The first-order valence-corrected chi connectivity index (χ1v) is 6.78. The minimum atomic E-state index is -0.113. The van der Waals surface area contributed by atoms with E-state index in [9.17, 15) is 4.79 Å². The van der Waals surface area contributed by atoms with Crippen molar-refractivity contribution in [2.45, 2.75) is 6.92 Å². The quantitative estimate of drug-likeness (QED) is 0.917. The highest BCUT2D eigenvalue weighted by Crippen LogP contribution is 2.28. The number of carbonyl (C=O) groups excluding carboxylic acids is 1. The number of anilines is 2. The van der Waals surface area contributed by atoms with Crippen molar-refractivity contribution in [2.75, 3.05) is 30.9 Å². The Morgan fingerprint density at radius 2 is 2.10 bits per heavy atom. The lowest BCUT2D eigenvalue weighted by atomic mass is 10.1. The fourth-order valence-corrected chi connectivity index (χ4v) is 2.11. The average molecular weight is 285 g/mol. The standard InChI is InChI=1S/C16H19N3O2/c1-4-18-13-11-17-10-9-12(13)16(20)19(2)14-7-5-6-8-15(14)21-3/h5-11,18H,4H2,1-3H3. The third-order valence-corrected chi connectivity index (χ3v) is 3.17. The Bertz CT molecular complexity index is 628. The maximum Gasteiger partial charge on any atom is 0.260 e. The molecule has 0 atom stereocenters. The molecule has 0 aliphatic carbocycles. The molecule has 1 heterocycles. The molecule has 1 amide bonds. The van der Waals surface area contributed by atoms with Crippen molar-refractivity contribution in [2.24, 2.45) is 0 Å². The fraction of sp³-hybridized carbons (Fsp3) is 0.250. The minimum absolute atomic E-state index is 0.113. The third-order valence-electron chi connectivity index (χ3n) is 3.17. The zero-order valence-electron chi connectivity index (χ0n) is 12.5. The second-order valence-electron chi connectivity index (χ2n) is 4.49. The summed E-state index contributed by atoms with van der Waals surface area (Å²) in [6.07, 6.45) is 3.27. The van der Waals surface area contributed by atoms with Gasteiger partial charge in [0.2, 0.25) is 0 Å². The number of hydrogen-bond acceptors (Lipinski definition) is 4. The number of nitrogens with zero attached hydrogens (tertiary/aromatic N) is 2. The molecule has 2 rings (SSSR count). The molecule has 5 heteroatoms. The van der Waals surface area contributed by atoms with Gasteiger partial charge in [-0.1, -0.05) is 12.1 Å². The first-order chi connectivity index (χ1) is 10.2. The largest absolute Gasteiger partial charge is 0.495 e. The van der Waals surface area contributed by atoms with Crippen LogP contribution in [0.25, 0.3) is 0 Å². The van der Waals surface area contributed by atoms with E-state index in [-0.39, 0.29) is 5.91 Å². The van der Waals surface area contributed by atoms with E-state index in [1.807, 2.05) is 31.2 Å². The van der Waals surface area contributed by atoms with Crippen molar-refractivity contribution in [3.8, 4) is 5.75 Å². The second-order valence-corrected chi connectivity index (χ2v) is 4.49. The van der Waals surface area contributed by atoms with Crippen LogP contribution in [-0.4, -0.2) is 31.6 Å². The van der Waals surface area contributed by atoms with Gasteiger partial charge >= 0.3 is 0 Å². The van der Waals surface area contributed by atoms with E-state index < -0.39 is 0 Å². The summed E-state index contributed by atoms with van der Waals surface area (Å²) in [6.45, 7) is 2.70. The first-order valence-electron chi connectivity index (χ1n) is 6.78. The molecular weight excluding hydrogens is 266 g/mol. The highest BCUT2D eigenvalue weighted by Gasteiger charge is 2.19. The minimum Gasteiger partial charge on any atom is -0.495 e. The van der Waals surface area contributed by atoms with Crippen LogP contribution in [0.15, 0.2) is 42.7 Å². The number of pyridine rings is 1. The molecule has 110 valence electrons. The van der Waals surface area contributed by atoms with Crippen molar-refractivity contribution in [1.29, 1.82) is 0 Å². The number of benzene rings is 1. The van der Waals surface area contributed by atoms with Crippen molar-refractivity contribution in [3.05, 3.63) is 48.3 Å². The Hall–Kier alpha value is -2.56. The van der Waals surface area contributed by atoms with Crippen molar-refractivity contribution < 1.29 is 9.53 Å². The number of nitrogens with one attached hydrogen (secondary N) is 1. The summed E-state index contributed by atoms with van der Waals surface area (Å²) in [5.41, 5.74) is 2.04. The van der Waals surface area contributed by atoms with Crippen molar-refractivity contribution >= 4 is 17.3 Å². The number of methoxy groups -OCH3 is 1. The van der Waals surface area contributed by atoms with Crippen LogP contribution in [0.4, 0.5) is 11.4 Å². The van der Waals surface area contributed by atoms with Crippen LogP contribution in [0.3, 0.4) is 0 Å². The number of rotatable bonds is 5. The Morgan fingerprint density at radius 3 is 2.81 bits per heavy atom. The van der Waals surface area contributed by atoms with Crippen LogP contribution in [0.1, 0.15) is 17.3 Å². The molecule has 21 heavy (non-hydrogen) atoms. The maximum atomic E-state index is 12.7. The number of para-hydroxylation sites is 2. The van der Waals surface area contributed by atoms with E-state index in [4.69, 9.17) is 4.74 Å². The Morgan fingerprint density at radius 1 is 1.33 bits per heavy atom. The lowest BCUT2D eigenvalue weighted by Gasteiger charge is -2.21. The summed E-state index contributed by atoms with van der Waals surface area (Å²) < 4.78 is 5.31. The van der Waals surface area contributed by atoms with Crippen molar-refractivity contribution in [3.63, 3.8) is 0 Å². The molecule has 0 saturated carbocycles. The number of hydrogen-bond donors (Lipinski definition) is 1. The predicted octanol–water partition coefficient (Wildman–Crippen LogP) is 2.80. The van der Waals surface area contributed by atoms with Gasteiger partial charge in [-0.2, -0.15) is 0 Å². The molecule has 0 radical (unpaired) electrons. The predicted molar refractivity (Wildman–Crippen MR) is 84.1 cm³/mol. The van der Waals surface area contributed by atoms with E-state index in [1.54, 1.807) is 37.5 Å². The lowest BCUT2D eigenvalue weighted by molar-refractivity contribution is 0.0993. The molecule has 5 nitrogen and oxygen atoms in total. The number of amides is 1. The fourth-order valence-electron chi connectivity index (χ4n) is 2.11. The summed E-state index contributed by atoms with van der Waals surface area (Å²) in [7, 11) is 3.32. The zero-order chi connectivity index (χ0) is 15.2. The maximum absolute atomic E-state index is 12.7. The van der Waals surface area contributed by atoms with Crippen LogP contribution >= 0.6 is 0 Å². The van der Waals surface area contributed by atoms with Crippen LogP contribution in [0, 0.1) is 0 Å². The SMILES string of the molecule is CCNc1cnccc1C(=O)N(C)c1ccccc1OC. The topological polar surface area (TPSA) is 54.5 Å². The first kappa shape index (κ1) is 14.8. The molecule has 1 aromatic heterocycles. The molecule has 0 bridgehead atoms. The van der Waals surface area contributed by atoms with Gasteiger partial charge in [0.15, 0.2) is 0 Å². The van der Waals surface area contributed by atoms with Crippen LogP contribution < -0.4 is 15.0 Å². The highest BCUT2D eigenvalue weighted by atomic mass is 16.5. The van der Waals surface area contributed by atoms with Gasteiger partial charge in [-0.25, -0.2) is 0 Å². The summed E-state index contributed by atoms with van der Waals surface area (Å²) in [6, 6.07) is 9.14. The smallest absolute Gasteiger partial charge is 0.260 e. The highest BCUT2D eigenvalue weighted by molar-refractivity contribution is 6.09. The molecule has 0 unspecified atom stereocenters. The van der Waals surface area contributed by atoms with E-state index in [2.05, 4.69) is 10.3 Å². The van der Waals surface area contributed by atoms with Gasteiger partial charge in [-0.15, -0.1) is 0 Å². The van der Waals surface area contributed by atoms with Gasteiger partial charge in [-0.05, 0) is 25.1 Å². The monoisotopic (exact) mass is 285 g/mol. The number of carbonyl (C=O) groups is 1. The van der Waals surface area contributed by atoms with Gasteiger partial charge in [0.05, 0.1) is 30.2 Å². The Balaban J connectivity index is 2.35. The van der Waals surface area contributed by atoms with Gasteiger partial charge < -0.3 is 15.0 Å².